The molecule has 1 heterocycles. The number of esters is 1. The number of sulfonamides is 1. The lowest BCUT2D eigenvalue weighted by Crippen LogP contribution is -2.42. The number of anilines is 1. The Hall–Kier alpha value is -3.89. The lowest BCUT2D eigenvalue weighted by Gasteiger charge is -2.34. The van der Waals surface area contributed by atoms with Crippen LogP contribution in [0.5, 0.6) is 0 Å². The van der Waals surface area contributed by atoms with E-state index in [1.165, 1.54) is 28.6 Å². The highest BCUT2D eigenvalue weighted by molar-refractivity contribution is 7.89. The highest BCUT2D eigenvalue weighted by Crippen LogP contribution is 2.27. The minimum atomic E-state index is -3.65. The van der Waals surface area contributed by atoms with Crippen LogP contribution < -0.4 is 5.32 Å². The number of hydrogen-bond donors (Lipinski definition) is 1. The Morgan fingerprint density at radius 3 is 2.05 bits per heavy atom. The van der Waals surface area contributed by atoms with Gasteiger partial charge in [-0.3, -0.25) is 4.79 Å². The van der Waals surface area contributed by atoms with Gasteiger partial charge in [0.25, 0.3) is 5.91 Å². The molecule has 1 N–H and O–H groups in total. The van der Waals surface area contributed by atoms with E-state index in [0.29, 0.717) is 24.5 Å². The Morgan fingerprint density at radius 2 is 1.45 bits per heavy atom. The molecule has 10 heteroatoms. The predicted octanol–water partition coefficient (Wildman–Crippen LogP) is 5.56. The maximum absolute atomic E-state index is 13.0. The van der Waals surface area contributed by atoms with Crippen LogP contribution in [0.15, 0.2) is 94.0 Å². The normalized spacial score (nSPS) is 18.3. The van der Waals surface area contributed by atoms with E-state index in [2.05, 4.69) is 15.5 Å². The summed E-state index contributed by atoms with van der Waals surface area (Å²) in [5.41, 5.74) is 2.02. The van der Waals surface area contributed by atoms with E-state index in [1.54, 1.807) is 24.3 Å². The summed E-state index contributed by atoms with van der Waals surface area (Å²) in [5, 5.41) is 10.9. The molecule has 2 atom stereocenters. The SMILES string of the molecule is C[C@@H]1C[C@@H](C)CN(S(=O)(=O)c2ccc(C(=O)OCC(=O)Nc3ccc(N=Nc4ccccc4)cc3)cc2)C1. The average Bonchev–Trinajstić information content (AvgIpc) is 2.91. The van der Waals surface area contributed by atoms with E-state index in [9.17, 15) is 18.0 Å². The molecule has 0 radical (unpaired) electrons. The van der Waals surface area contributed by atoms with Crippen molar-refractivity contribution >= 4 is 39.0 Å². The Morgan fingerprint density at radius 1 is 0.868 bits per heavy atom. The fourth-order valence-corrected chi connectivity index (χ4v) is 6.03. The molecule has 1 aliphatic heterocycles. The lowest BCUT2D eigenvalue weighted by molar-refractivity contribution is -0.119. The largest absolute Gasteiger partial charge is 0.452 e. The molecular weight excluding hydrogens is 504 g/mol. The molecule has 0 saturated carbocycles. The number of piperidine rings is 1. The van der Waals surface area contributed by atoms with Gasteiger partial charge in [-0.15, -0.1) is 0 Å². The van der Waals surface area contributed by atoms with Crippen LogP contribution in [0.3, 0.4) is 0 Å². The zero-order valence-electron chi connectivity index (χ0n) is 21.3. The first-order valence-corrected chi connectivity index (χ1v) is 13.8. The minimum Gasteiger partial charge on any atom is -0.452 e. The zero-order valence-corrected chi connectivity index (χ0v) is 22.1. The molecule has 198 valence electrons. The second-order valence-electron chi connectivity index (χ2n) is 9.50. The van der Waals surface area contributed by atoms with Gasteiger partial charge in [-0.05, 0) is 78.9 Å². The van der Waals surface area contributed by atoms with Gasteiger partial charge in [0.1, 0.15) is 0 Å². The molecule has 38 heavy (non-hydrogen) atoms. The molecule has 4 rings (SSSR count). The molecule has 0 spiro atoms. The fourth-order valence-electron chi connectivity index (χ4n) is 4.35. The van der Waals surface area contributed by atoms with Crippen molar-refractivity contribution < 1.29 is 22.7 Å². The first-order chi connectivity index (χ1) is 18.2. The Labute approximate surface area is 222 Å². The number of nitrogens with one attached hydrogen (secondary N) is 1. The summed E-state index contributed by atoms with van der Waals surface area (Å²) in [5.74, 6) is -0.653. The standard InChI is InChI=1S/C28H30N4O5S/c1-20-16-21(2)18-32(17-20)38(35,36)26-14-8-22(9-15-26)28(34)37-19-27(33)29-23-10-12-25(13-11-23)31-30-24-6-4-3-5-7-24/h3-15,20-21H,16-19H2,1-2H3,(H,29,33)/t20-,21-/m1/s1. The van der Waals surface area contributed by atoms with E-state index >= 15 is 0 Å². The van der Waals surface area contributed by atoms with Gasteiger partial charge in [-0.25, -0.2) is 13.2 Å². The van der Waals surface area contributed by atoms with Gasteiger partial charge in [-0.2, -0.15) is 14.5 Å². The summed E-state index contributed by atoms with van der Waals surface area (Å²) in [7, 11) is -3.65. The number of benzene rings is 3. The monoisotopic (exact) mass is 534 g/mol. The number of rotatable bonds is 8. The van der Waals surface area contributed by atoms with E-state index in [0.717, 1.165) is 12.1 Å². The van der Waals surface area contributed by atoms with Crippen LogP contribution in [-0.2, 0) is 19.6 Å². The zero-order chi connectivity index (χ0) is 27.1. The molecule has 0 bridgehead atoms. The van der Waals surface area contributed by atoms with Crippen molar-refractivity contribution in [1.29, 1.82) is 0 Å². The molecule has 3 aromatic carbocycles. The second-order valence-corrected chi connectivity index (χ2v) is 11.4. The Kier molecular flexibility index (Phi) is 8.65. The van der Waals surface area contributed by atoms with Crippen molar-refractivity contribution in [3.05, 3.63) is 84.4 Å². The molecule has 1 amide bonds. The molecule has 1 saturated heterocycles. The van der Waals surface area contributed by atoms with Gasteiger partial charge in [0.2, 0.25) is 10.0 Å². The van der Waals surface area contributed by atoms with Crippen molar-refractivity contribution in [2.24, 2.45) is 22.1 Å². The fraction of sp³-hybridized carbons (Fsp3) is 0.286. The Balaban J connectivity index is 1.28. The smallest absolute Gasteiger partial charge is 0.338 e. The van der Waals surface area contributed by atoms with Gasteiger partial charge in [0.15, 0.2) is 6.61 Å². The molecule has 1 fully saturated rings. The number of carbonyl (C=O) groups excluding carboxylic acids is 2. The van der Waals surface area contributed by atoms with Crippen molar-refractivity contribution in [1.82, 2.24) is 4.31 Å². The molecule has 1 aliphatic rings. The molecule has 9 nitrogen and oxygen atoms in total. The molecular formula is C28H30N4O5S. The summed E-state index contributed by atoms with van der Waals surface area (Å²) in [4.78, 5) is 24.8. The van der Waals surface area contributed by atoms with Gasteiger partial charge in [0, 0.05) is 18.8 Å². The lowest BCUT2D eigenvalue weighted by atomic mass is 9.94. The molecule has 0 unspecified atom stereocenters. The van der Waals surface area contributed by atoms with Crippen LogP contribution in [0.25, 0.3) is 0 Å². The summed E-state index contributed by atoms with van der Waals surface area (Å²) in [6.07, 6.45) is 0.997. The van der Waals surface area contributed by atoms with Gasteiger partial charge >= 0.3 is 5.97 Å². The van der Waals surface area contributed by atoms with E-state index in [-0.39, 0.29) is 22.3 Å². The summed E-state index contributed by atoms with van der Waals surface area (Å²) < 4.78 is 32.6. The van der Waals surface area contributed by atoms with Crippen LogP contribution in [0.4, 0.5) is 17.1 Å². The highest BCUT2D eigenvalue weighted by atomic mass is 32.2. The number of hydrogen-bond acceptors (Lipinski definition) is 7. The third-order valence-electron chi connectivity index (χ3n) is 6.09. The number of amides is 1. The molecule has 0 aliphatic carbocycles. The first kappa shape index (κ1) is 27.2. The first-order valence-electron chi connectivity index (χ1n) is 12.3. The topological polar surface area (TPSA) is 118 Å². The number of azo groups is 1. The van der Waals surface area contributed by atoms with Crippen molar-refractivity contribution in [3.63, 3.8) is 0 Å². The maximum atomic E-state index is 13.0. The van der Waals surface area contributed by atoms with Crippen LogP contribution in [0.1, 0.15) is 30.6 Å². The van der Waals surface area contributed by atoms with E-state index in [4.69, 9.17) is 4.74 Å². The van der Waals surface area contributed by atoms with E-state index < -0.39 is 28.5 Å². The summed E-state index contributed by atoms with van der Waals surface area (Å²) >= 11 is 0. The van der Waals surface area contributed by atoms with Crippen molar-refractivity contribution in [2.45, 2.75) is 25.2 Å². The van der Waals surface area contributed by atoms with Crippen LogP contribution in [0, 0.1) is 11.8 Å². The van der Waals surface area contributed by atoms with Gasteiger partial charge in [0.05, 0.1) is 21.8 Å². The maximum Gasteiger partial charge on any atom is 0.338 e. The number of carbonyl (C=O) groups is 2. The average molecular weight is 535 g/mol. The third kappa shape index (κ3) is 7.11. The van der Waals surface area contributed by atoms with Gasteiger partial charge < -0.3 is 10.1 Å². The highest BCUT2D eigenvalue weighted by Gasteiger charge is 2.31. The van der Waals surface area contributed by atoms with Crippen LogP contribution >= 0.6 is 0 Å². The Bertz CT molecular complexity index is 1380. The third-order valence-corrected chi connectivity index (χ3v) is 7.93. The number of ether oxygens (including phenoxy) is 1. The van der Waals surface area contributed by atoms with E-state index in [1.807, 2.05) is 44.2 Å². The predicted molar refractivity (Wildman–Crippen MR) is 144 cm³/mol. The molecule has 0 aromatic heterocycles. The van der Waals surface area contributed by atoms with Crippen molar-refractivity contribution in [3.8, 4) is 0 Å². The van der Waals surface area contributed by atoms with Crippen LogP contribution in [-0.4, -0.2) is 44.3 Å². The van der Waals surface area contributed by atoms with Crippen molar-refractivity contribution in [2.75, 3.05) is 25.0 Å². The number of nitrogens with zero attached hydrogens (tertiary/aromatic N) is 3. The summed E-state index contributed by atoms with van der Waals surface area (Å²) in [6, 6.07) is 21.6. The quantitative estimate of drug-likeness (QED) is 0.300. The van der Waals surface area contributed by atoms with Crippen LogP contribution in [0.2, 0.25) is 0 Å². The summed E-state index contributed by atoms with van der Waals surface area (Å²) in [6.45, 7) is 4.56. The second kappa shape index (κ2) is 12.1. The molecule has 3 aromatic rings. The minimum absolute atomic E-state index is 0.125. The van der Waals surface area contributed by atoms with Gasteiger partial charge in [-0.1, -0.05) is 32.0 Å².